The minimum Gasteiger partial charge on any atom is -0.507 e. The van der Waals surface area contributed by atoms with Gasteiger partial charge in [0, 0.05) is 60.5 Å². The molecule has 1 unspecified atom stereocenters. The van der Waals surface area contributed by atoms with Gasteiger partial charge >= 0.3 is 0 Å². The van der Waals surface area contributed by atoms with Gasteiger partial charge in [0.25, 0.3) is 0 Å². The molecule has 2 fully saturated rings. The maximum atomic E-state index is 10.3. The monoisotopic (exact) mass is 591 g/mol. The van der Waals surface area contributed by atoms with Crippen molar-refractivity contribution in [2.24, 2.45) is 5.92 Å². The van der Waals surface area contributed by atoms with Crippen LogP contribution in [0.3, 0.4) is 0 Å². The van der Waals surface area contributed by atoms with E-state index in [4.69, 9.17) is 14.5 Å². The lowest BCUT2D eigenvalue weighted by Crippen LogP contribution is -2.34. The third-order valence-corrected chi connectivity index (χ3v) is 10.1. The summed E-state index contributed by atoms with van der Waals surface area (Å²) in [6.07, 6.45) is 12.7. The number of aromatic amines is 1. The number of H-pyrrole nitrogens is 1. The average Bonchev–Trinajstić information content (AvgIpc) is 3.73. The number of aromatic hydroxyl groups is 1. The van der Waals surface area contributed by atoms with Crippen molar-refractivity contribution < 1.29 is 9.63 Å². The molecule has 9 nitrogen and oxygen atoms in total. The first-order valence-electron chi connectivity index (χ1n) is 16.1. The van der Waals surface area contributed by atoms with E-state index in [0.29, 0.717) is 40.8 Å². The van der Waals surface area contributed by atoms with E-state index in [1.54, 1.807) is 6.07 Å². The number of nitrogens with one attached hydrogen (secondary N) is 1. The highest BCUT2D eigenvalue weighted by atomic mass is 16.5. The molecule has 0 bridgehead atoms. The summed E-state index contributed by atoms with van der Waals surface area (Å²) >= 11 is 0. The molecular formula is C35H41N7O2. The number of hydrogen-bond donors (Lipinski definition) is 2. The van der Waals surface area contributed by atoms with Gasteiger partial charge in [0.1, 0.15) is 11.5 Å². The number of phenols is 1. The fourth-order valence-corrected chi connectivity index (χ4v) is 6.96. The lowest BCUT2D eigenvalue weighted by molar-refractivity contribution is 0.323. The molecule has 9 heteroatoms. The molecule has 4 aromatic heterocycles. The Bertz CT molecular complexity index is 1710. The van der Waals surface area contributed by atoms with Crippen molar-refractivity contribution in [3.63, 3.8) is 0 Å². The van der Waals surface area contributed by atoms with E-state index >= 15 is 0 Å². The Hall–Kier alpha value is -4.27. The fraction of sp³-hybridized carbons (Fsp3) is 0.457. The summed E-state index contributed by atoms with van der Waals surface area (Å²) in [6.45, 7) is 8.48. The van der Waals surface area contributed by atoms with Gasteiger partial charge in [-0.25, -0.2) is 9.97 Å². The van der Waals surface area contributed by atoms with E-state index in [1.165, 1.54) is 11.1 Å². The number of rotatable bonds is 7. The number of fused-ring (bicyclic) bond motifs is 1. The van der Waals surface area contributed by atoms with Gasteiger partial charge in [0.05, 0.1) is 11.4 Å². The second kappa shape index (κ2) is 12.0. The summed E-state index contributed by atoms with van der Waals surface area (Å²) in [4.78, 5) is 15.3. The molecule has 0 amide bonds. The van der Waals surface area contributed by atoms with Crippen LogP contribution < -0.4 is 4.90 Å². The van der Waals surface area contributed by atoms with Crippen molar-refractivity contribution in [1.82, 2.24) is 30.3 Å². The van der Waals surface area contributed by atoms with Crippen LogP contribution in [0.1, 0.15) is 106 Å². The van der Waals surface area contributed by atoms with Crippen molar-refractivity contribution in [2.45, 2.75) is 83.0 Å². The molecule has 1 saturated carbocycles. The summed E-state index contributed by atoms with van der Waals surface area (Å²) in [5, 5.41) is 24.6. The van der Waals surface area contributed by atoms with Crippen LogP contribution in [0.2, 0.25) is 0 Å². The molecular weight excluding hydrogens is 550 g/mol. The van der Waals surface area contributed by atoms with Crippen molar-refractivity contribution in [3.05, 3.63) is 77.6 Å². The smallest absolute Gasteiger partial charge is 0.225 e. The van der Waals surface area contributed by atoms with Gasteiger partial charge in [-0.1, -0.05) is 38.1 Å². The summed E-state index contributed by atoms with van der Waals surface area (Å²) in [7, 11) is 0. The highest BCUT2D eigenvalue weighted by Crippen LogP contribution is 2.41. The van der Waals surface area contributed by atoms with Crippen LogP contribution in [-0.2, 0) is 0 Å². The molecule has 0 radical (unpaired) electrons. The quantitative estimate of drug-likeness (QED) is 0.198. The number of hydrogen-bond acceptors (Lipinski definition) is 8. The van der Waals surface area contributed by atoms with Gasteiger partial charge in [-0.2, -0.15) is 0 Å². The lowest BCUT2D eigenvalue weighted by Gasteiger charge is -2.32. The van der Waals surface area contributed by atoms with Gasteiger partial charge in [-0.3, -0.25) is 0 Å². The fourth-order valence-electron chi connectivity index (χ4n) is 6.96. The van der Waals surface area contributed by atoms with E-state index in [0.717, 1.165) is 80.1 Å². The minimum absolute atomic E-state index is 0.210. The van der Waals surface area contributed by atoms with Crippen molar-refractivity contribution in [2.75, 3.05) is 18.0 Å². The molecule has 228 valence electrons. The number of phenolic OH excluding ortho intramolecular Hbond substituents is 1. The molecule has 1 aliphatic heterocycles. The second-order valence-corrected chi connectivity index (χ2v) is 13.1. The zero-order valence-electron chi connectivity index (χ0n) is 25.8. The van der Waals surface area contributed by atoms with Crippen LogP contribution in [0.4, 0.5) is 5.95 Å². The normalized spacial score (nSPS) is 20.4. The van der Waals surface area contributed by atoms with Crippen molar-refractivity contribution >= 4 is 17.0 Å². The predicted molar refractivity (Wildman–Crippen MR) is 171 cm³/mol. The van der Waals surface area contributed by atoms with Gasteiger partial charge in [-0.05, 0) is 85.6 Å². The SMILES string of the molecule is CC(C)C(C)c1cc(C2CCC(c3cnc(N4CCC(c5c[nH]c6nnc(-c7ccccc7O)cc56)CC4)nc3)CC2)no1. The van der Waals surface area contributed by atoms with E-state index in [9.17, 15) is 5.11 Å². The molecule has 1 atom stereocenters. The number of anilines is 1. The molecule has 1 aliphatic carbocycles. The molecule has 0 spiro atoms. The van der Waals surface area contributed by atoms with E-state index in [1.807, 2.05) is 24.3 Å². The van der Waals surface area contributed by atoms with Crippen LogP contribution in [-0.4, -0.2) is 48.5 Å². The largest absolute Gasteiger partial charge is 0.507 e. The summed E-state index contributed by atoms with van der Waals surface area (Å²) in [6, 6.07) is 11.5. The molecule has 5 aromatic rings. The Morgan fingerprint density at radius 2 is 1.61 bits per heavy atom. The Labute approximate surface area is 258 Å². The molecule has 5 heterocycles. The Morgan fingerprint density at radius 1 is 0.886 bits per heavy atom. The van der Waals surface area contributed by atoms with Crippen LogP contribution in [0.15, 0.2) is 59.5 Å². The standard InChI is InChI=1S/C35H41N7O2/c1-21(2)22(3)33-17-30(41-44-33)25-10-8-23(9-11-25)26-18-37-35(38-19-26)42-14-12-24(13-15-42)29-20-36-34-28(29)16-31(39-40-34)27-6-4-5-7-32(27)43/h4-7,16-25,43H,8-15H2,1-3H3,(H,36,40). The lowest BCUT2D eigenvalue weighted by atomic mass is 9.78. The number of nitrogens with zero attached hydrogens (tertiary/aromatic N) is 6. The van der Waals surface area contributed by atoms with Gasteiger partial charge < -0.3 is 19.5 Å². The Balaban J connectivity index is 0.957. The second-order valence-electron chi connectivity index (χ2n) is 13.1. The van der Waals surface area contributed by atoms with Gasteiger partial charge in [0.2, 0.25) is 5.95 Å². The third-order valence-electron chi connectivity index (χ3n) is 10.1. The third kappa shape index (κ3) is 5.55. The van der Waals surface area contributed by atoms with Gasteiger partial charge in [-0.15, -0.1) is 10.2 Å². The first-order chi connectivity index (χ1) is 21.4. The number of para-hydroxylation sites is 1. The highest BCUT2D eigenvalue weighted by molar-refractivity contribution is 5.84. The summed E-state index contributed by atoms with van der Waals surface area (Å²) in [5.74, 6) is 4.36. The number of benzene rings is 1. The average molecular weight is 592 g/mol. The number of aromatic nitrogens is 6. The number of piperidine rings is 1. The molecule has 2 N–H and O–H groups in total. The summed E-state index contributed by atoms with van der Waals surface area (Å²) in [5.41, 5.74) is 5.78. The molecule has 7 rings (SSSR count). The first-order valence-corrected chi connectivity index (χ1v) is 16.1. The minimum atomic E-state index is 0.210. The van der Waals surface area contributed by atoms with E-state index < -0.39 is 0 Å². The topological polar surface area (TPSA) is 117 Å². The zero-order chi connectivity index (χ0) is 30.2. The van der Waals surface area contributed by atoms with Crippen molar-refractivity contribution in [1.29, 1.82) is 0 Å². The maximum Gasteiger partial charge on any atom is 0.225 e. The molecule has 1 aromatic carbocycles. The molecule has 44 heavy (non-hydrogen) atoms. The van der Waals surface area contributed by atoms with E-state index in [2.05, 4.69) is 70.7 Å². The highest BCUT2D eigenvalue weighted by Gasteiger charge is 2.28. The zero-order valence-corrected chi connectivity index (χ0v) is 25.8. The Kier molecular flexibility index (Phi) is 7.78. The Morgan fingerprint density at radius 3 is 2.34 bits per heavy atom. The van der Waals surface area contributed by atoms with Crippen LogP contribution in [0.5, 0.6) is 5.75 Å². The summed E-state index contributed by atoms with van der Waals surface area (Å²) < 4.78 is 5.71. The first kappa shape index (κ1) is 28.5. The van der Waals surface area contributed by atoms with E-state index in [-0.39, 0.29) is 5.75 Å². The van der Waals surface area contributed by atoms with Crippen LogP contribution in [0.25, 0.3) is 22.3 Å². The molecule has 2 aliphatic rings. The van der Waals surface area contributed by atoms with Crippen LogP contribution in [0, 0.1) is 5.92 Å². The van der Waals surface area contributed by atoms with Crippen LogP contribution >= 0.6 is 0 Å². The molecule has 1 saturated heterocycles. The predicted octanol–water partition coefficient (Wildman–Crippen LogP) is 7.69. The maximum absolute atomic E-state index is 10.3. The van der Waals surface area contributed by atoms with Crippen molar-refractivity contribution in [3.8, 4) is 17.0 Å². The van der Waals surface area contributed by atoms with Gasteiger partial charge in [0.15, 0.2) is 5.65 Å².